The Morgan fingerprint density at radius 3 is 2.59 bits per heavy atom. The van der Waals surface area contributed by atoms with Gasteiger partial charge in [-0.05, 0) is 28.1 Å². The van der Waals surface area contributed by atoms with Gasteiger partial charge in [-0.3, -0.25) is 9.20 Å². The molecule has 0 radical (unpaired) electrons. The molecule has 0 N–H and O–H groups in total. The molecule has 0 spiro atoms. The van der Waals surface area contributed by atoms with Gasteiger partial charge in [0.25, 0.3) is 0 Å². The highest BCUT2D eigenvalue weighted by Crippen LogP contribution is 2.35. The molecule has 0 aromatic carbocycles. The fraction of sp³-hybridized carbons (Fsp3) is 0.200. The minimum absolute atomic E-state index is 0.0886. The van der Waals surface area contributed by atoms with Gasteiger partial charge in [0.2, 0.25) is 0 Å². The zero-order chi connectivity index (χ0) is 12.8. The Labute approximate surface area is 102 Å². The van der Waals surface area contributed by atoms with Crippen LogP contribution >= 0.6 is 15.9 Å². The van der Waals surface area contributed by atoms with Crippen LogP contribution in [-0.2, 0) is 6.18 Å². The second kappa shape index (κ2) is 3.83. The van der Waals surface area contributed by atoms with E-state index in [-0.39, 0.29) is 15.8 Å². The van der Waals surface area contributed by atoms with Crippen LogP contribution in [-0.4, -0.2) is 15.2 Å². The fourth-order valence-corrected chi connectivity index (χ4v) is 2.10. The van der Waals surface area contributed by atoms with Crippen molar-refractivity contribution in [3.8, 4) is 0 Å². The van der Waals surface area contributed by atoms with Crippen LogP contribution in [0.25, 0.3) is 5.65 Å². The summed E-state index contributed by atoms with van der Waals surface area (Å²) in [5.74, 6) is -0.471. The lowest BCUT2D eigenvalue weighted by Crippen LogP contribution is -2.15. The first-order valence-corrected chi connectivity index (χ1v) is 5.36. The average molecular weight is 307 g/mol. The average Bonchev–Trinajstić information content (AvgIpc) is 2.58. The lowest BCUT2D eigenvalue weighted by molar-refractivity contribution is -0.142. The minimum Gasteiger partial charge on any atom is -0.293 e. The van der Waals surface area contributed by atoms with Crippen LogP contribution in [0.2, 0.25) is 0 Å². The highest BCUT2D eigenvalue weighted by Gasteiger charge is 2.37. The third-order valence-electron chi connectivity index (χ3n) is 2.25. The Morgan fingerprint density at radius 2 is 2.06 bits per heavy atom. The maximum atomic E-state index is 12.9. The van der Waals surface area contributed by atoms with Crippen LogP contribution in [0.1, 0.15) is 23.1 Å². The molecule has 90 valence electrons. The Bertz CT molecular complexity index is 603. The largest absolute Gasteiger partial charge is 0.432 e. The molecule has 0 unspecified atom stereocenters. The van der Waals surface area contributed by atoms with Gasteiger partial charge in [-0.1, -0.05) is 0 Å². The number of hydrogen-bond donors (Lipinski definition) is 0. The molecule has 0 aliphatic rings. The second-order valence-corrected chi connectivity index (χ2v) is 4.28. The first kappa shape index (κ1) is 12.1. The van der Waals surface area contributed by atoms with E-state index in [1.165, 1.54) is 19.1 Å². The smallest absolute Gasteiger partial charge is 0.293 e. The van der Waals surface area contributed by atoms with E-state index in [0.717, 1.165) is 10.6 Å². The van der Waals surface area contributed by atoms with Crippen LogP contribution in [0.3, 0.4) is 0 Å². The Kier molecular flexibility index (Phi) is 2.73. The summed E-state index contributed by atoms with van der Waals surface area (Å²) in [6.07, 6.45) is -3.43. The van der Waals surface area contributed by atoms with Gasteiger partial charge in [0.05, 0.1) is 6.20 Å². The number of carbonyl (C=O) groups excluding carboxylic acids is 1. The molecule has 2 rings (SSSR count). The van der Waals surface area contributed by atoms with E-state index in [1.807, 2.05) is 0 Å². The van der Waals surface area contributed by atoms with Crippen molar-refractivity contribution >= 4 is 27.4 Å². The van der Waals surface area contributed by atoms with E-state index in [4.69, 9.17) is 0 Å². The lowest BCUT2D eigenvalue weighted by Gasteiger charge is -2.12. The van der Waals surface area contributed by atoms with E-state index >= 15 is 0 Å². The van der Waals surface area contributed by atoms with Crippen molar-refractivity contribution in [2.75, 3.05) is 0 Å². The zero-order valence-corrected chi connectivity index (χ0v) is 10.1. The molecule has 0 aliphatic carbocycles. The van der Waals surface area contributed by atoms with E-state index < -0.39 is 17.7 Å². The molecule has 2 aromatic heterocycles. The number of nitrogens with zero attached hydrogens (tertiary/aromatic N) is 2. The van der Waals surface area contributed by atoms with Crippen LogP contribution in [0.4, 0.5) is 13.2 Å². The van der Waals surface area contributed by atoms with Crippen LogP contribution in [0.5, 0.6) is 0 Å². The SMILES string of the molecule is CC(=O)c1cnc2ccc(Br)c(C(F)(F)F)n12. The van der Waals surface area contributed by atoms with Crippen LogP contribution in [0.15, 0.2) is 22.8 Å². The third-order valence-corrected chi connectivity index (χ3v) is 2.89. The third kappa shape index (κ3) is 1.95. The van der Waals surface area contributed by atoms with Crippen LogP contribution in [0, 0.1) is 0 Å². The molecule has 7 heteroatoms. The maximum Gasteiger partial charge on any atom is 0.432 e. The number of ketones is 1. The van der Waals surface area contributed by atoms with Crippen molar-refractivity contribution in [2.24, 2.45) is 0 Å². The number of fused-ring (bicyclic) bond motifs is 1. The standard InChI is InChI=1S/C10H6BrF3N2O/c1-5(17)7-4-15-8-3-2-6(11)9(16(7)8)10(12,13)14/h2-4H,1H3. The molecular weight excluding hydrogens is 301 g/mol. The Balaban J connectivity index is 2.92. The molecule has 0 amide bonds. The first-order chi connectivity index (χ1) is 7.82. The molecule has 0 atom stereocenters. The number of carbonyl (C=O) groups is 1. The number of hydrogen-bond acceptors (Lipinski definition) is 2. The molecule has 17 heavy (non-hydrogen) atoms. The number of rotatable bonds is 1. The number of pyridine rings is 1. The van der Waals surface area contributed by atoms with Crippen molar-refractivity contribution in [3.05, 3.63) is 34.2 Å². The second-order valence-electron chi connectivity index (χ2n) is 3.42. The van der Waals surface area contributed by atoms with Gasteiger partial charge in [0, 0.05) is 11.4 Å². The fourth-order valence-electron chi connectivity index (χ4n) is 1.56. The summed E-state index contributed by atoms with van der Waals surface area (Å²) < 4.78 is 39.4. The predicted octanol–water partition coefficient (Wildman–Crippen LogP) is 3.32. The molecule has 2 aromatic rings. The van der Waals surface area contributed by atoms with Gasteiger partial charge >= 0.3 is 6.18 Å². The van der Waals surface area contributed by atoms with Gasteiger partial charge in [-0.2, -0.15) is 13.2 Å². The Morgan fingerprint density at radius 1 is 1.41 bits per heavy atom. The van der Waals surface area contributed by atoms with E-state index in [9.17, 15) is 18.0 Å². The highest BCUT2D eigenvalue weighted by atomic mass is 79.9. The number of imidazole rings is 1. The zero-order valence-electron chi connectivity index (χ0n) is 8.55. The quantitative estimate of drug-likeness (QED) is 0.758. The van der Waals surface area contributed by atoms with Crippen molar-refractivity contribution in [2.45, 2.75) is 13.1 Å². The van der Waals surface area contributed by atoms with Crippen LogP contribution < -0.4 is 0 Å². The molecule has 0 saturated carbocycles. The molecule has 0 bridgehead atoms. The summed E-state index contributed by atoms with van der Waals surface area (Å²) >= 11 is 2.84. The molecule has 2 heterocycles. The molecule has 0 saturated heterocycles. The van der Waals surface area contributed by atoms with Crippen molar-refractivity contribution in [3.63, 3.8) is 0 Å². The topological polar surface area (TPSA) is 34.4 Å². The van der Waals surface area contributed by atoms with Crippen molar-refractivity contribution in [1.29, 1.82) is 0 Å². The van der Waals surface area contributed by atoms with Gasteiger partial charge < -0.3 is 0 Å². The summed E-state index contributed by atoms with van der Waals surface area (Å²) in [5, 5.41) is 0. The summed E-state index contributed by atoms with van der Waals surface area (Å²) in [5.41, 5.74) is -0.933. The monoisotopic (exact) mass is 306 g/mol. The van der Waals surface area contributed by atoms with E-state index in [1.54, 1.807) is 0 Å². The summed E-state index contributed by atoms with van der Waals surface area (Å²) in [4.78, 5) is 15.0. The number of alkyl halides is 3. The summed E-state index contributed by atoms with van der Waals surface area (Å²) in [6.45, 7) is 1.20. The van der Waals surface area contributed by atoms with Crippen molar-refractivity contribution in [1.82, 2.24) is 9.38 Å². The maximum absolute atomic E-state index is 12.9. The number of halogens is 4. The van der Waals surface area contributed by atoms with Crippen molar-refractivity contribution < 1.29 is 18.0 Å². The summed E-state index contributed by atoms with van der Waals surface area (Å²) in [6, 6.07) is 2.67. The number of Topliss-reactive ketones (excluding diaryl/α,β-unsaturated/α-hetero) is 1. The first-order valence-electron chi connectivity index (χ1n) is 4.56. The number of aromatic nitrogens is 2. The molecular formula is C10H6BrF3N2O. The predicted molar refractivity (Wildman–Crippen MR) is 57.9 cm³/mol. The van der Waals surface area contributed by atoms with Gasteiger partial charge in [0.1, 0.15) is 17.0 Å². The van der Waals surface area contributed by atoms with E-state index in [2.05, 4.69) is 20.9 Å². The van der Waals surface area contributed by atoms with Gasteiger partial charge in [0.15, 0.2) is 5.78 Å². The van der Waals surface area contributed by atoms with Gasteiger partial charge in [-0.25, -0.2) is 4.98 Å². The minimum atomic E-state index is -4.57. The molecule has 0 fully saturated rings. The molecule has 0 aliphatic heterocycles. The Hall–Kier alpha value is -1.37. The summed E-state index contributed by atoms with van der Waals surface area (Å²) in [7, 11) is 0. The van der Waals surface area contributed by atoms with E-state index in [0.29, 0.717) is 0 Å². The normalized spacial score (nSPS) is 12.1. The highest BCUT2D eigenvalue weighted by molar-refractivity contribution is 9.10. The molecule has 3 nitrogen and oxygen atoms in total. The lowest BCUT2D eigenvalue weighted by atomic mass is 10.3. The van der Waals surface area contributed by atoms with Gasteiger partial charge in [-0.15, -0.1) is 0 Å².